The fourth-order valence-electron chi connectivity index (χ4n) is 4.28. The number of rotatable bonds is 7. The molecule has 3 aromatic rings. The van der Waals surface area contributed by atoms with Gasteiger partial charge in [0.2, 0.25) is 5.91 Å². The second-order valence-corrected chi connectivity index (χ2v) is 11.1. The number of anilines is 1. The Morgan fingerprint density at radius 3 is 2.29 bits per heavy atom. The molecule has 1 N–H and O–H groups in total. The Morgan fingerprint density at radius 2 is 1.62 bits per heavy atom. The van der Waals surface area contributed by atoms with Crippen molar-refractivity contribution in [2.75, 3.05) is 10.8 Å². The summed E-state index contributed by atoms with van der Waals surface area (Å²) in [5, 5.41) is 3.42. The highest BCUT2D eigenvalue weighted by Gasteiger charge is 2.28. The minimum Gasteiger partial charge on any atom is -0.348 e. The maximum absolute atomic E-state index is 13.5. The highest BCUT2D eigenvalue weighted by atomic mass is 35.5. The average molecular weight is 497 g/mol. The fraction of sp³-hybridized carbons (Fsp3) is 0.296. The smallest absolute Gasteiger partial charge is 0.264 e. The van der Waals surface area contributed by atoms with E-state index in [1.165, 1.54) is 48.2 Å². The highest BCUT2D eigenvalue weighted by molar-refractivity contribution is 7.92. The third-order valence-corrected chi connectivity index (χ3v) is 8.30. The molecule has 0 saturated heterocycles. The Hall–Kier alpha value is -2.83. The minimum absolute atomic E-state index is 0.0769. The molecule has 4 rings (SSSR count). The van der Waals surface area contributed by atoms with Gasteiger partial charge < -0.3 is 5.32 Å². The largest absolute Gasteiger partial charge is 0.348 e. The van der Waals surface area contributed by atoms with E-state index < -0.39 is 10.0 Å². The molecule has 0 aromatic heterocycles. The summed E-state index contributed by atoms with van der Waals surface area (Å²) in [6, 6.07) is 19.2. The molecule has 1 atom stereocenters. The molecule has 1 aliphatic rings. The van der Waals surface area contributed by atoms with Gasteiger partial charge in [-0.25, -0.2) is 8.42 Å². The van der Waals surface area contributed by atoms with Gasteiger partial charge in [-0.1, -0.05) is 47.5 Å². The van der Waals surface area contributed by atoms with Crippen LogP contribution < -0.4 is 9.62 Å². The molecule has 178 valence electrons. The number of benzene rings is 3. The molecule has 0 spiro atoms. The van der Waals surface area contributed by atoms with Crippen LogP contribution in [0.1, 0.15) is 48.1 Å². The Labute approximate surface area is 206 Å². The van der Waals surface area contributed by atoms with E-state index in [2.05, 4.69) is 23.5 Å². The molecule has 0 heterocycles. The SMILES string of the molecule is Cc1ccc(N(CC(=O)NC(C)c2ccc3c(c2)CCCC3)S(=O)(=O)c2ccc(Cl)cc2)cc1. The lowest BCUT2D eigenvalue weighted by Gasteiger charge is -2.25. The molecule has 1 unspecified atom stereocenters. The predicted molar refractivity (Wildman–Crippen MR) is 137 cm³/mol. The first-order valence-electron chi connectivity index (χ1n) is 11.5. The summed E-state index contributed by atoms with van der Waals surface area (Å²) in [6.07, 6.45) is 4.57. The summed E-state index contributed by atoms with van der Waals surface area (Å²) in [7, 11) is -3.98. The normalized spacial score (nSPS) is 14.2. The second kappa shape index (κ2) is 10.2. The van der Waals surface area contributed by atoms with Gasteiger partial charge in [-0.2, -0.15) is 0 Å². The first-order valence-corrected chi connectivity index (χ1v) is 13.3. The van der Waals surface area contributed by atoms with Gasteiger partial charge in [0.15, 0.2) is 0 Å². The molecule has 0 fully saturated rings. The van der Waals surface area contributed by atoms with E-state index in [-0.39, 0.29) is 23.4 Å². The molecular formula is C27H29ClN2O3S. The van der Waals surface area contributed by atoms with Crippen molar-refractivity contribution in [3.8, 4) is 0 Å². The van der Waals surface area contributed by atoms with Crippen LogP contribution >= 0.6 is 11.6 Å². The average Bonchev–Trinajstić information content (AvgIpc) is 2.83. The van der Waals surface area contributed by atoms with E-state index in [1.54, 1.807) is 12.1 Å². The fourth-order valence-corrected chi connectivity index (χ4v) is 5.83. The maximum Gasteiger partial charge on any atom is 0.264 e. The second-order valence-electron chi connectivity index (χ2n) is 8.83. The van der Waals surface area contributed by atoms with E-state index >= 15 is 0 Å². The van der Waals surface area contributed by atoms with E-state index in [0.29, 0.717) is 10.7 Å². The number of nitrogens with one attached hydrogen (secondary N) is 1. The summed E-state index contributed by atoms with van der Waals surface area (Å²) >= 11 is 5.95. The summed E-state index contributed by atoms with van der Waals surface area (Å²) in [4.78, 5) is 13.1. The van der Waals surface area contributed by atoms with Crippen LogP contribution in [0.5, 0.6) is 0 Å². The third-order valence-electron chi connectivity index (χ3n) is 6.26. The zero-order valence-electron chi connectivity index (χ0n) is 19.4. The van der Waals surface area contributed by atoms with Crippen molar-refractivity contribution in [2.24, 2.45) is 0 Å². The number of amides is 1. The molecule has 0 aliphatic heterocycles. The van der Waals surface area contributed by atoms with Gasteiger partial charge in [-0.05, 0) is 92.6 Å². The number of hydrogen-bond acceptors (Lipinski definition) is 3. The number of carbonyl (C=O) groups is 1. The van der Waals surface area contributed by atoms with Crippen molar-refractivity contribution in [3.05, 3.63) is 94.0 Å². The van der Waals surface area contributed by atoms with Crippen molar-refractivity contribution in [3.63, 3.8) is 0 Å². The number of halogens is 1. The van der Waals surface area contributed by atoms with Crippen molar-refractivity contribution in [1.29, 1.82) is 0 Å². The Morgan fingerprint density at radius 1 is 0.971 bits per heavy atom. The molecule has 3 aromatic carbocycles. The molecule has 5 nitrogen and oxygen atoms in total. The van der Waals surface area contributed by atoms with Crippen molar-refractivity contribution >= 4 is 33.2 Å². The number of carbonyl (C=O) groups excluding carboxylic acids is 1. The minimum atomic E-state index is -3.98. The van der Waals surface area contributed by atoms with E-state index in [9.17, 15) is 13.2 Å². The van der Waals surface area contributed by atoms with Crippen molar-refractivity contribution < 1.29 is 13.2 Å². The number of hydrogen-bond donors (Lipinski definition) is 1. The van der Waals surface area contributed by atoms with Crippen LogP contribution in [0.2, 0.25) is 5.02 Å². The number of nitrogens with zero attached hydrogens (tertiary/aromatic N) is 1. The maximum atomic E-state index is 13.5. The summed E-state index contributed by atoms with van der Waals surface area (Å²) in [5.74, 6) is -0.372. The number of sulfonamides is 1. The topological polar surface area (TPSA) is 66.5 Å². The quantitative estimate of drug-likeness (QED) is 0.463. The van der Waals surface area contributed by atoms with E-state index in [4.69, 9.17) is 11.6 Å². The summed E-state index contributed by atoms with van der Waals surface area (Å²) in [6.45, 7) is 3.52. The summed E-state index contributed by atoms with van der Waals surface area (Å²) in [5.41, 5.74) is 5.18. The van der Waals surface area contributed by atoms with Crippen LogP contribution in [-0.4, -0.2) is 20.9 Å². The predicted octanol–water partition coefficient (Wildman–Crippen LogP) is 5.60. The van der Waals surface area contributed by atoms with Gasteiger partial charge in [0, 0.05) is 5.02 Å². The summed E-state index contributed by atoms with van der Waals surface area (Å²) < 4.78 is 28.1. The molecule has 7 heteroatoms. The van der Waals surface area contributed by atoms with E-state index in [0.717, 1.165) is 28.3 Å². The molecule has 0 radical (unpaired) electrons. The van der Waals surface area contributed by atoms with Crippen molar-refractivity contribution in [2.45, 2.75) is 50.5 Å². The van der Waals surface area contributed by atoms with Gasteiger partial charge in [0.05, 0.1) is 16.6 Å². The third kappa shape index (κ3) is 5.45. The number of aryl methyl sites for hydroxylation is 3. The monoisotopic (exact) mass is 496 g/mol. The first kappa shape index (κ1) is 24.3. The zero-order valence-corrected chi connectivity index (χ0v) is 21.0. The number of fused-ring (bicyclic) bond motifs is 1. The Balaban J connectivity index is 1.56. The van der Waals surface area contributed by atoms with Crippen LogP contribution in [0.4, 0.5) is 5.69 Å². The first-order chi connectivity index (χ1) is 16.2. The molecule has 1 aliphatic carbocycles. The van der Waals surface area contributed by atoms with Gasteiger partial charge in [0.1, 0.15) is 6.54 Å². The van der Waals surface area contributed by atoms with Crippen LogP contribution in [0, 0.1) is 6.92 Å². The standard InChI is InChI=1S/C27H29ClN2O3S/c1-19-7-13-25(14-8-19)30(34(32,33)26-15-11-24(28)12-16-26)18-27(31)29-20(2)22-10-9-21-5-3-4-6-23(21)17-22/h7-17,20H,3-6,18H2,1-2H3,(H,29,31). The zero-order chi connectivity index (χ0) is 24.3. The van der Waals surface area contributed by atoms with Crippen molar-refractivity contribution in [1.82, 2.24) is 5.32 Å². The molecule has 1 amide bonds. The highest BCUT2D eigenvalue weighted by Crippen LogP contribution is 2.27. The van der Waals surface area contributed by atoms with Gasteiger partial charge in [0.25, 0.3) is 10.0 Å². The molecular weight excluding hydrogens is 468 g/mol. The van der Waals surface area contributed by atoms with E-state index in [1.807, 2.05) is 26.0 Å². The Bertz CT molecular complexity index is 1270. The van der Waals surface area contributed by atoms with Crippen LogP contribution in [0.25, 0.3) is 0 Å². The van der Waals surface area contributed by atoms with Crippen LogP contribution in [-0.2, 0) is 27.7 Å². The van der Waals surface area contributed by atoms with Crippen LogP contribution in [0.3, 0.4) is 0 Å². The van der Waals surface area contributed by atoms with Gasteiger partial charge in [-0.15, -0.1) is 0 Å². The van der Waals surface area contributed by atoms with Crippen LogP contribution in [0.15, 0.2) is 71.6 Å². The lowest BCUT2D eigenvalue weighted by atomic mass is 9.89. The molecule has 0 bridgehead atoms. The lowest BCUT2D eigenvalue weighted by Crippen LogP contribution is -2.41. The lowest BCUT2D eigenvalue weighted by molar-refractivity contribution is -0.120. The van der Waals surface area contributed by atoms with Gasteiger partial charge in [-0.3, -0.25) is 9.10 Å². The van der Waals surface area contributed by atoms with Gasteiger partial charge >= 0.3 is 0 Å². The molecule has 34 heavy (non-hydrogen) atoms. The Kier molecular flexibility index (Phi) is 7.29. The molecule has 0 saturated carbocycles.